The summed E-state index contributed by atoms with van der Waals surface area (Å²) in [6, 6.07) is 12.4. The number of hydrogen-bond acceptors (Lipinski definition) is 3. The highest BCUT2D eigenvalue weighted by atomic mass is 16.4. The Balaban J connectivity index is 2.28. The highest BCUT2D eigenvalue weighted by molar-refractivity contribution is 5.84. The molecule has 19 heavy (non-hydrogen) atoms. The molecule has 100 valence electrons. The number of aromatic carboxylic acids is 1. The first-order valence-corrected chi connectivity index (χ1v) is 6.15. The van der Waals surface area contributed by atoms with E-state index in [4.69, 9.17) is 9.52 Å². The van der Waals surface area contributed by atoms with Gasteiger partial charge in [0.05, 0.1) is 0 Å². The summed E-state index contributed by atoms with van der Waals surface area (Å²) in [5.41, 5.74) is -0.213. The van der Waals surface area contributed by atoms with Gasteiger partial charge in [-0.05, 0) is 24.1 Å². The molecule has 0 amide bonds. The lowest BCUT2D eigenvalue weighted by Crippen LogP contribution is -2.27. The summed E-state index contributed by atoms with van der Waals surface area (Å²) in [4.78, 5) is 10.8. The van der Waals surface area contributed by atoms with E-state index >= 15 is 0 Å². The van der Waals surface area contributed by atoms with Gasteiger partial charge in [-0.15, -0.1) is 0 Å². The second kappa shape index (κ2) is 5.28. The van der Waals surface area contributed by atoms with Crippen molar-refractivity contribution in [3.05, 3.63) is 59.5 Å². The third kappa shape index (κ3) is 2.85. The Bertz CT molecular complexity index is 559. The predicted octanol–water partition coefficient (Wildman–Crippen LogP) is 2.82. The van der Waals surface area contributed by atoms with Gasteiger partial charge in [-0.2, -0.15) is 0 Å². The summed E-state index contributed by atoms with van der Waals surface area (Å²) >= 11 is 0. The van der Waals surface area contributed by atoms with Crippen LogP contribution in [-0.4, -0.2) is 16.2 Å². The standard InChI is InChI=1S/C15H16O4/c1-2-15(18,10-11-6-4-3-5-7-11)13-9-8-12(19-13)14(16)17/h3-9,18H,2,10H2,1H3,(H,16,17). The number of hydrogen-bond donors (Lipinski definition) is 2. The zero-order chi connectivity index (χ0) is 13.9. The highest BCUT2D eigenvalue weighted by Gasteiger charge is 2.31. The lowest BCUT2D eigenvalue weighted by molar-refractivity contribution is 0.00943. The van der Waals surface area contributed by atoms with Crippen LogP contribution in [0.15, 0.2) is 46.9 Å². The van der Waals surface area contributed by atoms with Crippen LogP contribution in [0.1, 0.15) is 35.2 Å². The first kappa shape index (κ1) is 13.4. The molecule has 1 heterocycles. The minimum Gasteiger partial charge on any atom is -0.475 e. The molecule has 0 bridgehead atoms. The van der Waals surface area contributed by atoms with Crippen molar-refractivity contribution in [2.75, 3.05) is 0 Å². The Hall–Kier alpha value is -2.07. The zero-order valence-electron chi connectivity index (χ0n) is 10.7. The number of carboxylic acids is 1. The second-order valence-electron chi connectivity index (χ2n) is 4.52. The minimum atomic E-state index is -1.19. The van der Waals surface area contributed by atoms with Crippen molar-refractivity contribution in [3.63, 3.8) is 0 Å². The van der Waals surface area contributed by atoms with E-state index in [0.29, 0.717) is 12.8 Å². The Labute approximate surface area is 111 Å². The predicted molar refractivity (Wildman–Crippen MR) is 70.0 cm³/mol. The summed E-state index contributed by atoms with van der Waals surface area (Å²) < 4.78 is 5.22. The van der Waals surface area contributed by atoms with E-state index in [2.05, 4.69) is 0 Å². The van der Waals surface area contributed by atoms with Crippen LogP contribution in [0, 0.1) is 0 Å². The van der Waals surface area contributed by atoms with E-state index in [0.717, 1.165) is 5.56 Å². The molecule has 2 N–H and O–H groups in total. The van der Waals surface area contributed by atoms with Crippen molar-refractivity contribution in [2.24, 2.45) is 0 Å². The maximum absolute atomic E-state index is 10.8. The van der Waals surface area contributed by atoms with E-state index < -0.39 is 11.6 Å². The molecule has 0 fully saturated rings. The molecule has 0 aliphatic rings. The summed E-state index contributed by atoms with van der Waals surface area (Å²) in [6.45, 7) is 1.84. The molecule has 0 spiro atoms. The summed E-state index contributed by atoms with van der Waals surface area (Å²) in [5, 5.41) is 19.5. The molecule has 1 aromatic carbocycles. The molecule has 1 unspecified atom stereocenters. The summed E-state index contributed by atoms with van der Waals surface area (Å²) in [6.07, 6.45) is 0.825. The van der Waals surface area contributed by atoms with Gasteiger partial charge >= 0.3 is 5.97 Å². The van der Waals surface area contributed by atoms with Gasteiger partial charge in [-0.1, -0.05) is 37.3 Å². The van der Waals surface area contributed by atoms with Gasteiger partial charge in [0.2, 0.25) is 5.76 Å². The molecule has 4 nitrogen and oxygen atoms in total. The van der Waals surface area contributed by atoms with Gasteiger partial charge in [0.25, 0.3) is 0 Å². The molecule has 2 rings (SSSR count). The van der Waals surface area contributed by atoms with Gasteiger partial charge in [0, 0.05) is 6.42 Å². The number of benzene rings is 1. The Kier molecular flexibility index (Phi) is 3.71. The average Bonchev–Trinajstić information content (AvgIpc) is 2.90. The number of aliphatic hydroxyl groups is 1. The molecular weight excluding hydrogens is 244 g/mol. The third-order valence-corrected chi connectivity index (χ3v) is 3.20. The summed E-state index contributed by atoms with van der Waals surface area (Å²) in [5.74, 6) is -1.00. The lowest BCUT2D eigenvalue weighted by atomic mass is 9.89. The molecule has 0 aliphatic carbocycles. The van der Waals surface area contributed by atoms with Crippen molar-refractivity contribution in [3.8, 4) is 0 Å². The van der Waals surface area contributed by atoms with Crippen LogP contribution in [0.5, 0.6) is 0 Å². The van der Waals surface area contributed by atoms with E-state index in [1.165, 1.54) is 12.1 Å². The third-order valence-electron chi connectivity index (χ3n) is 3.20. The van der Waals surface area contributed by atoms with Crippen LogP contribution in [0.2, 0.25) is 0 Å². The molecule has 1 atom stereocenters. The van der Waals surface area contributed by atoms with Crippen LogP contribution < -0.4 is 0 Å². The van der Waals surface area contributed by atoms with Crippen molar-refractivity contribution < 1.29 is 19.4 Å². The molecule has 0 aliphatic heterocycles. The minimum absolute atomic E-state index is 0.157. The Morgan fingerprint density at radius 2 is 1.89 bits per heavy atom. The van der Waals surface area contributed by atoms with Gasteiger partial charge in [-0.25, -0.2) is 4.79 Å². The van der Waals surface area contributed by atoms with Crippen LogP contribution >= 0.6 is 0 Å². The van der Waals surface area contributed by atoms with Crippen LogP contribution in [0.25, 0.3) is 0 Å². The van der Waals surface area contributed by atoms with E-state index in [-0.39, 0.29) is 11.5 Å². The maximum Gasteiger partial charge on any atom is 0.371 e. The van der Waals surface area contributed by atoms with E-state index in [9.17, 15) is 9.90 Å². The first-order chi connectivity index (χ1) is 9.05. The fraction of sp³-hybridized carbons (Fsp3) is 0.267. The maximum atomic E-state index is 10.8. The molecule has 2 aromatic rings. The molecule has 0 radical (unpaired) electrons. The Morgan fingerprint density at radius 1 is 1.21 bits per heavy atom. The summed E-state index contributed by atoms with van der Waals surface area (Å²) in [7, 11) is 0. The monoisotopic (exact) mass is 260 g/mol. The fourth-order valence-electron chi connectivity index (χ4n) is 2.02. The van der Waals surface area contributed by atoms with Crippen molar-refractivity contribution in [2.45, 2.75) is 25.4 Å². The number of carbonyl (C=O) groups is 1. The Morgan fingerprint density at radius 3 is 2.42 bits per heavy atom. The van der Waals surface area contributed by atoms with Gasteiger partial charge < -0.3 is 14.6 Å². The smallest absolute Gasteiger partial charge is 0.371 e. The van der Waals surface area contributed by atoms with E-state index in [1.54, 1.807) is 0 Å². The molecule has 4 heteroatoms. The quantitative estimate of drug-likeness (QED) is 0.867. The van der Waals surface area contributed by atoms with Crippen molar-refractivity contribution >= 4 is 5.97 Å². The van der Waals surface area contributed by atoms with Crippen LogP contribution in [0.4, 0.5) is 0 Å². The average molecular weight is 260 g/mol. The number of rotatable bonds is 5. The zero-order valence-corrected chi connectivity index (χ0v) is 10.7. The first-order valence-electron chi connectivity index (χ1n) is 6.15. The van der Waals surface area contributed by atoms with Crippen LogP contribution in [0.3, 0.4) is 0 Å². The lowest BCUT2D eigenvalue weighted by Gasteiger charge is -2.24. The fourth-order valence-corrected chi connectivity index (χ4v) is 2.02. The second-order valence-corrected chi connectivity index (χ2v) is 4.52. The van der Waals surface area contributed by atoms with Gasteiger partial charge in [-0.3, -0.25) is 0 Å². The van der Waals surface area contributed by atoms with Gasteiger partial charge in [0.15, 0.2) is 0 Å². The molecule has 1 aromatic heterocycles. The van der Waals surface area contributed by atoms with Crippen LogP contribution in [-0.2, 0) is 12.0 Å². The number of furan rings is 1. The molecule has 0 saturated heterocycles. The van der Waals surface area contributed by atoms with Gasteiger partial charge in [0.1, 0.15) is 11.4 Å². The SMILES string of the molecule is CCC(O)(Cc1ccccc1)c1ccc(C(=O)O)o1. The van der Waals surface area contributed by atoms with E-state index in [1.807, 2.05) is 37.3 Å². The van der Waals surface area contributed by atoms with Crippen molar-refractivity contribution in [1.82, 2.24) is 0 Å². The molecular formula is C15H16O4. The molecule has 0 saturated carbocycles. The van der Waals surface area contributed by atoms with Crippen molar-refractivity contribution in [1.29, 1.82) is 0 Å². The largest absolute Gasteiger partial charge is 0.475 e. The number of carboxylic acid groups (broad SMARTS) is 1. The normalized spacial score (nSPS) is 14.0. The highest BCUT2D eigenvalue weighted by Crippen LogP contribution is 2.30. The topological polar surface area (TPSA) is 70.7 Å².